The van der Waals surface area contributed by atoms with E-state index in [1.807, 2.05) is 50.2 Å². The number of aliphatic carboxylic acids is 1. The molecule has 1 saturated heterocycles. The summed E-state index contributed by atoms with van der Waals surface area (Å²) in [7, 11) is 1.78. The number of aryl methyl sites for hydroxylation is 1. The zero-order valence-electron chi connectivity index (χ0n) is 23.7. The van der Waals surface area contributed by atoms with Gasteiger partial charge in [0.25, 0.3) is 5.91 Å². The highest BCUT2D eigenvalue weighted by molar-refractivity contribution is 6.02. The van der Waals surface area contributed by atoms with E-state index in [1.165, 1.54) is 19.3 Å². The van der Waals surface area contributed by atoms with Crippen molar-refractivity contribution in [1.29, 1.82) is 0 Å². The Morgan fingerprint density at radius 3 is 2.54 bits per heavy atom. The molecule has 0 aromatic heterocycles. The number of likely N-dealkylation sites (tertiary alicyclic amines) is 1. The standard InChI is InChI=1S/C32H44N2O5/c1-4-10-30(32(36)37)33-31(35)28-16-15-23(17-29(28)27-14-9-8-11-22(27)2)19-34-20-26(38-3)18-24(34)21-39-25-12-6-5-7-13-25/h8-9,11,14-17,24-26,30H,4-7,10,12-13,18-21H2,1-3H3,(H,33,35)(H,36,37)/t24?,26-,30-/m0/s1. The fraction of sp³-hybridized carbons (Fsp3) is 0.562. The van der Waals surface area contributed by atoms with Crippen LogP contribution in [-0.2, 0) is 20.8 Å². The molecule has 1 heterocycles. The van der Waals surface area contributed by atoms with Crippen LogP contribution in [0.15, 0.2) is 42.5 Å². The lowest BCUT2D eigenvalue weighted by Crippen LogP contribution is -2.40. The highest BCUT2D eigenvalue weighted by atomic mass is 16.5. The van der Waals surface area contributed by atoms with Gasteiger partial charge in [-0.15, -0.1) is 0 Å². The summed E-state index contributed by atoms with van der Waals surface area (Å²) >= 11 is 0. The van der Waals surface area contributed by atoms with E-state index in [0.717, 1.165) is 54.6 Å². The Hall–Kier alpha value is -2.74. The van der Waals surface area contributed by atoms with Crippen molar-refractivity contribution in [3.8, 4) is 11.1 Å². The maximum Gasteiger partial charge on any atom is 0.326 e. The Balaban J connectivity index is 1.57. The number of rotatable bonds is 12. The Kier molecular flexibility index (Phi) is 10.5. The van der Waals surface area contributed by atoms with Crippen LogP contribution in [0.4, 0.5) is 0 Å². The maximum absolute atomic E-state index is 13.3. The van der Waals surface area contributed by atoms with Crippen LogP contribution in [0.25, 0.3) is 11.1 Å². The lowest BCUT2D eigenvalue weighted by molar-refractivity contribution is -0.139. The monoisotopic (exact) mass is 536 g/mol. The van der Waals surface area contributed by atoms with Gasteiger partial charge in [-0.3, -0.25) is 9.69 Å². The lowest BCUT2D eigenvalue weighted by atomic mass is 9.93. The van der Waals surface area contributed by atoms with Gasteiger partial charge >= 0.3 is 5.97 Å². The quantitative estimate of drug-likeness (QED) is 0.368. The first-order chi connectivity index (χ1) is 18.9. The summed E-state index contributed by atoms with van der Waals surface area (Å²) in [6.07, 6.45) is 8.70. The summed E-state index contributed by atoms with van der Waals surface area (Å²) < 4.78 is 12.1. The molecule has 212 valence electrons. The molecule has 39 heavy (non-hydrogen) atoms. The number of carboxylic acids is 1. The summed E-state index contributed by atoms with van der Waals surface area (Å²) in [6, 6.07) is 13.3. The number of nitrogens with zero attached hydrogens (tertiary/aromatic N) is 1. The first-order valence-electron chi connectivity index (χ1n) is 14.5. The first kappa shape index (κ1) is 29.2. The Labute approximate surface area is 232 Å². The lowest BCUT2D eigenvalue weighted by Gasteiger charge is -2.28. The minimum atomic E-state index is -1.01. The molecule has 2 fully saturated rings. The topological polar surface area (TPSA) is 88.1 Å². The summed E-state index contributed by atoms with van der Waals surface area (Å²) in [5.41, 5.74) is 4.45. The molecule has 2 N–H and O–H groups in total. The van der Waals surface area contributed by atoms with Crippen LogP contribution in [0.3, 0.4) is 0 Å². The van der Waals surface area contributed by atoms with Crippen molar-refractivity contribution in [2.75, 3.05) is 20.3 Å². The van der Waals surface area contributed by atoms with Gasteiger partial charge in [0.2, 0.25) is 0 Å². The molecule has 1 saturated carbocycles. The minimum absolute atomic E-state index is 0.178. The van der Waals surface area contributed by atoms with Crippen LogP contribution in [0.5, 0.6) is 0 Å². The van der Waals surface area contributed by atoms with E-state index in [4.69, 9.17) is 9.47 Å². The van der Waals surface area contributed by atoms with Crippen LogP contribution in [-0.4, -0.2) is 66.4 Å². The molecule has 0 radical (unpaired) electrons. The highest BCUT2D eigenvalue weighted by Crippen LogP contribution is 2.31. The zero-order chi connectivity index (χ0) is 27.8. The molecular weight excluding hydrogens is 492 g/mol. The number of carbonyl (C=O) groups excluding carboxylic acids is 1. The molecule has 1 unspecified atom stereocenters. The van der Waals surface area contributed by atoms with Gasteiger partial charge in [0.1, 0.15) is 6.04 Å². The first-order valence-corrected chi connectivity index (χ1v) is 14.5. The predicted octanol–water partition coefficient (Wildman–Crippen LogP) is 5.58. The van der Waals surface area contributed by atoms with Crippen molar-refractivity contribution in [2.24, 2.45) is 0 Å². The third-order valence-corrected chi connectivity index (χ3v) is 8.23. The molecule has 3 atom stereocenters. The third kappa shape index (κ3) is 7.68. The average molecular weight is 537 g/mol. The summed E-state index contributed by atoms with van der Waals surface area (Å²) in [4.78, 5) is 27.5. The van der Waals surface area contributed by atoms with Gasteiger partial charge in [-0.2, -0.15) is 0 Å². The number of carboxylic acid groups (broad SMARTS) is 1. The van der Waals surface area contributed by atoms with Gasteiger partial charge in [-0.05, 0) is 67.0 Å². The molecule has 7 heteroatoms. The summed E-state index contributed by atoms with van der Waals surface area (Å²) in [5.74, 6) is -1.37. The van der Waals surface area contributed by atoms with Crippen molar-refractivity contribution < 1.29 is 24.2 Å². The number of nitrogens with one attached hydrogen (secondary N) is 1. The molecule has 1 amide bonds. The molecule has 1 aliphatic carbocycles. The van der Waals surface area contributed by atoms with Crippen LogP contribution in [0.2, 0.25) is 0 Å². The van der Waals surface area contributed by atoms with E-state index in [-0.39, 0.29) is 18.1 Å². The van der Waals surface area contributed by atoms with E-state index in [9.17, 15) is 14.7 Å². The van der Waals surface area contributed by atoms with Crippen molar-refractivity contribution in [3.63, 3.8) is 0 Å². The van der Waals surface area contributed by atoms with Gasteiger partial charge in [-0.1, -0.05) is 62.9 Å². The summed E-state index contributed by atoms with van der Waals surface area (Å²) in [6.45, 7) is 6.23. The van der Waals surface area contributed by atoms with Crippen molar-refractivity contribution >= 4 is 11.9 Å². The summed E-state index contributed by atoms with van der Waals surface area (Å²) in [5, 5.41) is 12.3. The smallest absolute Gasteiger partial charge is 0.326 e. The van der Waals surface area contributed by atoms with Gasteiger partial charge < -0.3 is 19.9 Å². The van der Waals surface area contributed by atoms with Gasteiger partial charge in [0, 0.05) is 31.8 Å². The largest absolute Gasteiger partial charge is 0.480 e. The number of ether oxygens (including phenoxy) is 2. The number of amides is 1. The molecule has 2 aromatic rings. The molecule has 7 nitrogen and oxygen atoms in total. The van der Waals surface area contributed by atoms with E-state index in [1.54, 1.807) is 7.11 Å². The molecule has 2 aromatic carbocycles. The van der Waals surface area contributed by atoms with E-state index >= 15 is 0 Å². The van der Waals surface area contributed by atoms with Crippen LogP contribution < -0.4 is 5.32 Å². The highest BCUT2D eigenvalue weighted by Gasteiger charge is 2.33. The fourth-order valence-electron chi connectivity index (χ4n) is 5.96. The van der Waals surface area contributed by atoms with Gasteiger partial charge in [0.15, 0.2) is 0 Å². The maximum atomic E-state index is 13.3. The number of hydrogen-bond donors (Lipinski definition) is 2. The molecule has 1 aliphatic heterocycles. The predicted molar refractivity (Wildman–Crippen MR) is 153 cm³/mol. The number of methoxy groups -OCH3 is 1. The molecule has 2 aliphatic rings. The van der Waals surface area contributed by atoms with Crippen molar-refractivity contribution in [2.45, 2.75) is 96.1 Å². The fourth-order valence-corrected chi connectivity index (χ4v) is 5.96. The molecule has 4 rings (SSSR count). The Morgan fingerprint density at radius 1 is 1.08 bits per heavy atom. The van der Waals surface area contributed by atoms with Crippen LogP contribution in [0.1, 0.15) is 79.8 Å². The van der Waals surface area contributed by atoms with Gasteiger partial charge in [0.05, 0.1) is 18.8 Å². The van der Waals surface area contributed by atoms with E-state index < -0.39 is 12.0 Å². The second-order valence-corrected chi connectivity index (χ2v) is 11.1. The number of hydrogen-bond acceptors (Lipinski definition) is 5. The second-order valence-electron chi connectivity index (χ2n) is 11.1. The van der Waals surface area contributed by atoms with Crippen molar-refractivity contribution in [1.82, 2.24) is 10.2 Å². The number of benzene rings is 2. The van der Waals surface area contributed by atoms with E-state index in [0.29, 0.717) is 31.1 Å². The molecule has 0 spiro atoms. The van der Waals surface area contributed by atoms with Crippen molar-refractivity contribution in [3.05, 3.63) is 59.2 Å². The second kappa shape index (κ2) is 14.1. The Bertz CT molecular complexity index is 1110. The third-order valence-electron chi connectivity index (χ3n) is 8.23. The Morgan fingerprint density at radius 2 is 1.85 bits per heavy atom. The molecular formula is C32H44N2O5. The van der Waals surface area contributed by atoms with Crippen LogP contribution >= 0.6 is 0 Å². The zero-order valence-corrected chi connectivity index (χ0v) is 23.7. The average Bonchev–Trinajstić information content (AvgIpc) is 3.34. The van der Waals surface area contributed by atoms with E-state index in [2.05, 4.69) is 16.3 Å². The van der Waals surface area contributed by atoms with Gasteiger partial charge in [-0.25, -0.2) is 4.79 Å². The normalized spacial score (nSPS) is 21.1. The minimum Gasteiger partial charge on any atom is -0.480 e. The SMILES string of the molecule is CCC[C@H](NC(=O)c1ccc(CN2C[C@@H](OC)CC2COC2CCCCC2)cc1-c1ccccc1C)C(=O)O. The number of carbonyl (C=O) groups is 2. The molecule has 0 bridgehead atoms. The van der Waals surface area contributed by atoms with Crippen LogP contribution in [0, 0.1) is 6.92 Å².